The molecule has 0 spiro atoms. The van der Waals surface area contributed by atoms with E-state index in [1.807, 2.05) is 60.7 Å². The highest BCUT2D eigenvalue weighted by atomic mass is 16.5. The Balaban J connectivity index is 1.86. The third kappa shape index (κ3) is 9.42. The van der Waals surface area contributed by atoms with Crippen molar-refractivity contribution in [1.29, 1.82) is 0 Å². The zero-order valence-corrected chi connectivity index (χ0v) is 17.4. The van der Waals surface area contributed by atoms with E-state index in [0.29, 0.717) is 12.8 Å². The van der Waals surface area contributed by atoms with Crippen molar-refractivity contribution in [2.45, 2.75) is 70.9 Å². The van der Waals surface area contributed by atoms with E-state index in [-0.39, 0.29) is 12.4 Å². The lowest BCUT2D eigenvalue weighted by molar-refractivity contribution is -0.121. The van der Waals surface area contributed by atoms with Crippen LogP contribution in [0.25, 0.3) is 0 Å². The van der Waals surface area contributed by atoms with Crippen molar-refractivity contribution in [3.63, 3.8) is 0 Å². The van der Waals surface area contributed by atoms with Gasteiger partial charge in [-0.1, -0.05) is 99.7 Å². The van der Waals surface area contributed by atoms with Gasteiger partial charge in [-0.15, -0.1) is 0 Å². The molecule has 4 heteroatoms. The van der Waals surface area contributed by atoms with Crippen LogP contribution in [0.4, 0.5) is 4.79 Å². The Kier molecular flexibility index (Phi) is 10.6. The first-order valence-corrected chi connectivity index (χ1v) is 10.7. The number of amides is 1. The van der Waals surface area contributed by atoms with Crippen LogP contribution in [0.5, 0.6) is 0 Å². The lowest BCUT2D eigenvalue weighted by atomic mass is 9.98. The molecule has 1 atom stereocenters. The highest BCUT2D eigenvalue weighted by Gasteiger charge is 2.21. The maximum Gasteiger partial charge on any atom is 0.408 e. The molecule has 0 unspecified atom stereocenters. The SMILES string of the molecule is CCCCCCCCC(=O)[C@H](Cc1ccccc1)NC(=O)OCc1ccccc1. The average molecular weight is 396 g/mol. The molecule has 2 aromatic carbocycles. The standard InChI is InChI=1S/C25H33NO3/c1-2-3-4-5-6-13-18-24(27)23(19-21-14-9-7-10-15-21)26-25(28)29-20-22-16-11-8-12-17-22/h7-12,14-17,23H,2-6,13,18-20H2,1H3,(H,26,28)/t23-/m0/s1. The molecule has 0 aliphatic carbocycles. The topological polar surface area (TPSA) is 55.4 Å². The van der Waals surface area contributed by atoms with Gasteiger partial charge in [0.15, 0.2) is 5.78 Å². The second-order valence-corrected chi connectivity index (χ2v) is 7.43. The quantitative estimate of drug-likeness (QED) is 0.433. The third-order valence-electron chi connectivity index (χ3n) is 4.95. The number of unbranched alkanes of at least 4 members (excludes halogenated alkanes) is 5. The van der Waals surface area contributed by atoms with Gasteiger partial charge < -0.3 is 10.1 Å². The van der Waals surface area contributed by atoms with Crippen LogP contribution >= 0.6 is 0 Å². The molecule has 29 heavy (non-hydrogen) atoms. The highest BCUT2D eigenvalue weighted by molar-refractivity contribution is 5.87. The van der Waals surface area contributed by atoms with Gasteiger partial charge in [-0.2, -0.15) is 0 Å². The van der Waals surface area contributed by atoms with Crippen molar-refractivity contribution in [1.82, 2.24) is 5.32 Å². The Morgan fingerprint density at radius 3 is 2.07 bits per heavy atom. The summed E-state index contributed by atoms with van der Waals surface area (Å²) in [4.78, 5) is 25.1. The summed E-state index contributed by atoms with van der Waals surface area (Å²) in [5.41, 5.74) is 1.94. The fourth-order valence-electron chi connectivity index (χ4n) is 3.26. The normalized spacial score (nSPS) is 11.6. The summed E-state index contributed by atoms with van der Waals surface area (Å²) in [7, 11) is 0. The number of rotatable bonds is 13. The van der Waals surface area contributed by atoms with Crippen LogP contribution in [0.3, 0.4) is 0 Å². The van der Waals surface area contributed by atoms with E-state index in [4.69, 9.17) is 4.74 Å². The summed E-state index contributed by atoms with van der Waals surface area (Å²) in [6.45, 7) is 2.39. The number of benzene rings is 2. The molecular weight excluding hydrogens is 362 g/mol. The molecule has 0 aromatic heterocycles. The molecule has 0 fully saturated rings. The molecular formula is C25H33NO3. The molecule has 1 N–H and O–H groups in total. The first kappa shape index (κ1) is 22.7. The zero-order chi connectivity index (χ0) is 20.7. The second-order valence-electron chi connectivity index (χ2n) is 7.43. The number of ketones is 1. The summed E-state index contributed by atoms with van der Waals surface area (Å²) in [6, 6.07) is 18.7. The number of nitrogens with one attached hydrogen (secondary N) is 1. The minimum atomic E-state index is -0.559. The molecule has 0 radical (unpaired) electrons. The Hall–Kier alpha value is -2.62. The van der Waals surface area contributed by atoms with Gasteiger partial charge in [0.05, 0.1) is 6.04 Å². The summed E-state index contributed by atoms with van der Waals surface area (Å²) in [6.07, 6.45) is 7.20. The molecule has 0 aliphatic heterocycles. The number of carbonyl (C=O) groups is 2. The van der Waals surface area contributed by atoms with Crippen LogP contribution in [0.2, 0.25) is 0 Å². The van der Waals surface area contributed by atoms with Gasteiger partial charge >= 0.3 is 6.09 Å². The van der Waals surface area contributed by atoms with Crippen molar-refractivity contribution in [3.8, 4) is 0 Å². The lowest BCUT2D eigenvalue weighted by Crippen LogP contribution is -2.42. The molecule has 0 saturated carbocycles. The molecule has 156 valence electrons. The Bertz CT molecular complexity index is 715. The maximum atomic E-state index is 12.8. The van der Waals surface area contributed by atoms with E-state index >= 15 is 0 Å². The largest absolute Gasteiger partial charge is 0.445 e. The van der Waals surface area contributed by atoms with Gasteiger partial charge in [0.1, 0.15) is 6.61 Å². The van der Waals surface area contributed by atoms with Crippen LogP contribution in [0.15, 0.2) is 60.7 Å². The third-order valence-corrected chi connectivity index (χ3v) is 4.95. The van der Waals surface area contributed by atoms with Crippen LogP contribution in [0, 0.1) is 0 Å². The van der Waals surface area contributed by atoms with Crippen LogP contribution < -0.4 is 5.32 Å². The number of carbonyl (C=O) groups excluding carboxylic acids is 2. The number of hydrogen-bond acceptors (Lipinski definition) is 3. The molecule has 1 amide bonds. The Morgan fingerprint density at radius 2 is 1.41 bits per heavy atom. The zero-order valence-electron chi connectivity index (χ0n) is 17.4. The Morgan fingerprint density at radius 1 is 0.828 bits per heavy atom. The van der Waals surface area contributed by atoms with Crippen LogP contribution in [-0.4, -0.2) is 17.9 Å². The number of ether oxygens (including phenoxy) is 1. The van der Waals surface area contributed by atoms with Gasteiger partial charge in [-0.3, -0.25) is 4.79 Å². The van der Waals surface area contributed by atoms with E-state index in [2.05, 4.69) is 12.2 Å². The summed E-state index contributed by atoms with van der Waals surface area (Å²) >= 11 is 0. The predicted octanol–water partition coefficient (Wildman–Crippen LogP) is 5.84. The molecule has 0 heterocycles. The second kappa shape index (κ2) is 13.5. The van der Waals surface area contributed by atoms with E-state index in [1.54, 1.807) is 0 Å². The molecule has 0 bridgehead atoms. The van der Waals surface area contributed by atoms with Crippen LogP contribution in [-0.2, 0) is 22.6 Å². The van der Waals surface area contributed by atoms with Crippen molar-refractivity contribution < 1.29 is 14.3 Å². The monoisotopic (exact) mass is 395 g/mol. The minimum absolute atomic E-state index is 0.0704. The fraction of sp³-hybridized carbons (Fsp3) is 0.440. The average Bonchev–Trinajstić information content (AvgIpc) is 2.75. The van der Waals surface area contributed by atoms with E-state index in [1.165, 1.54) is 19.3 Å². The molecule has 2 aromatic rings. The van der Waals surface area contributed by atoms with Crippen molar-refractivity contribution in [2.24, 2.45) is 0 Å². The Labute approximate surface area is 174 Å². The number of hydrogen-bond donors (Lipinski definition) is 1. The van der Waals surface area contributed by atoms with Gasteiger partial charge in [0.25, 0.3) is 0 Å². The maximum absolute atomic E-state index is 12.8. The summed E-state index contributed by atoms with van der Waals surface area (Å²) in [5, 5.41) is 2.79. The van der Waals surface area contributed by atoms with E-state index in [0.717, 1.165) is 30.4 Å². The van der Waals surface area contributed by atoms with Crippen molar-refractivity contribution in [2.75, 3.05) is 0 Å². The van der Waals surface area contributed by atoms with E-state index in [9.17, 15) is 9.59 Å². The van der Waals surface area contributed by atoms with Crippen molar-refractivity contribution in [3.05, 3.63) is 71.8 Å². The number of alkyl carbamates (subject to hydrolysis) is 1. The highest BCUT2D eigenvalue weighted by Crippen LogP contribution is 2.11. The van der Waals surface area contributed by atoms with Crippen molar-refractivity contribution >= 4 is 11.9 Å². The smallest absolute Gasteiger partial charge is 0.408 e. The van der Waals surface area contributed by atoms with Gasteiger partial charge in [0.2, 0.25) is 0 Å². The first-order valence-electron chi connectivity index (χ1n) is 10.7. The molecule has 0 saturated heterocycles. The fourth-order valence-corrected chi connectivity index (χ4v) is 3.26. The van der Waals surface area contributed by atoms with Crippen LogP contribution in [0.1, 0.15) is 63.0 Å². The van der Waals surface area contributed by atoms with Gasteiger partial charge in [0, 0.05) is 6.42 Å². The molecule has 4 nitrogen and oxygen atoms in total. The molecule has 0 aliphatic rings. The van der Waals surface area contributed by atoms with E-state index < -0.39 is 12.1 Å². The minimum Gasteiger partial charge on any atom is -0.445 e. The van der Waals surface area contributed by atoms with Gasteiger partial charge in [-0.05, 0) is 24.0 Å². The summed E-state index contributed by atoms with van der Waals surface area (Å²) < 4.78 is 5.31. The van der Waals surface area contributed by atoms with Gasteiger partial charge in [-0.25, -0.2) is 4.79 Å². The molecule has 2 rings (SSSR count). The first-order chi connectivity index (χ1) is 14.2. The lowest BCUT2D eigenvalue weighted by Gasteiger charge is -2.18. The predicted molar refractivity (Wildman–Crippen MR) is 117 cm³/mol. The summed E-state index contributed by atoms with van der Waals surface area (Å²) in [5.74, 6) is 0.0704. The number of Topliss-reactive ketones (excluding diaryl/α,β-unsaturated/α-hetero) is 1.